The van der Waals surface area contributed by atoms with Crippen LogP contribution in [0.5, 0.6) is 5.75 Å². The maximum Gasteiger partial charge on any atom is 0.258 e. The Morgan fingerprint density at radius 3 is 2.06 bits per heavy atom. The SMILES string of the molecule is CN(C)c1ccc(C(CNC(=O)COc2ccc(F)cc2)N2CCN(c3ccc(F)cc3)CC2)cc1. The lowest BCUT2D eigenvalue weighted by molar-refractivity contribution is -0.123. The second kappa shape index (κ2) is 11.9. The lowest BCUT2D eigenvalue weighted by Crippen LogP contribution is -2.50. The molecule has 3 aromatic rings. The van der Waals surface area contributed by atoms with Crippen molar-refractivity contribution in [1.82, 2.24) is 10.2 Å². The minimum atomic E-state index is -0.352. The number of nitrogens with zero attached hydrogens (tertiary/aromatic N) is 3. The van der Waals surface area contributed by atoms with Crippen LogP contribution in [0.3, 0.4) is 0 Å². The molecule has 1 N–H and O–H groups in total. The van der Waals surface area contributed by atoms with E-state index in [1.807, 2.05) is 26.2 Å². The zero-order chi connectivity index (χ0) is 25.5. The van der Waals surface area contributed by atoms with Gasteiger partial charge < -0.3 is 19.9 Å². The zero-order valence-corrected chi connectivity index (χ0v) is 20.7. The van der Waals surface area contributed by atoms with Crippen LogP contribution in [0.1, 0.15) is 11.6 Å². The molecule has 0 aliphatic carbocycles. The molecule has 3 aromatic carbocycles. The molecule has 1 amide bonds. The van der Waals surface area contributed by atoms with E-state index >= 15 is 0 Å². The van der Waals surface area contributed by atoms with Gasteiger partial charge in [-0.1, -0.05) is 12.1 Å². The van der Waals surface area contributed by atoms with Gasteiger partial charge in [-0.05, 0) is 66.2 Å². The first-order chi connectivity index (χ1) is 17.4. The van der Waals surface area contributed by atoms with E-state index in [2.05, 4.69) is 44.3 Å². The van der Waals surface area contributed by atoms with E-state index in [-0.39, 0.29) is 30.2 Å². The monoisotopic (exact) mass is 494 g/mol. The number of ether oxygens (including phenoxy) is 1. The van der Waals surface area contributed by atoms with Crippen molar-refractivity contribution in [3.8, 4) is 5.75 Å². The lowest BCUT2D eigenvalue weighted by atomic mass is 10.0. The Bertz CT molecular complexity index is 1110. The van der Waals surface area contributed by atoms with Crippen LogP contribution in [0.2, 0.25) is 0 Å². The Hall–Kier alpha value is -3.65. The lowest BCUT2D eigenvalue weighted by Gasteiger charge is -2.40. The fourth-order valence-electron chi connectivity index (χ4n) is 4.34. The van der Waals surface area contributed by atoms with Crippen LogP contribution < -0.4 is 19.9 Å². The van der Waals surface area contributed by atoms with Crippen molar-refractivity contribution in [3.05, 3.63) is 90.0 Å². The summed E-state index contributed by atoms with van der Waals surface area (Å²) in [5.41, 5.74) is 3.24. The van der Waals surface area contributed by atoms with Crippen LogP contribution in [0.25, 0.3) is 0 Å². The van der Waals surface area contributed by atoms with Crippen molar-refractivity contribution in [2.24, 2.45) is 0 Å². The highest BCUT2D eigenvalue weighted by Crippen LogP contribution is 2.26. The highest BCUT2D eigenvalue weighted by molar-refractivity contribution is 5.77. The molecule has 190 valence electrons. The Kier molecular flexibility index (Phi) is 8.38. The minimum Gasteiger partial charge on any atom is -0.484 e. The van der Waals surface area contributed by atoms with Crippen molar-refractivity contribution in [2.75, 3.05) is 63.2 Å². The third-order valence-corrected chi connectivity index (χ3v) is 6.42. The molecule has 1 aliphatic heterocycles. The summed E-state index contributed by atoms with van der Waals surface area (Å²) in [5.74, 6) is -0.384. The molecule has 1 heterocycles. The fraction of sp³-hybridized carbons (Fsp3) is 0.321. The summed E-state index contributed by atoms with van der Waals surface area (Å²) in [6.45, 7) is 3.51. The average molecular weight is 495 g/mol. The molecule has 1 fully saturated rings. The summed E-state index contributed by atoms with van der Waals surface area (Å²) in [5, 5.41) is 3.00. The highest BCUT2D eigenvalue weighted by Gasteiger charge is 2.26. The van der Waals surface area contributed by atoms with Crippen LogP contribution in [0, 0.1) is 11.6 Å². The molecule has 0 bridgehead atoms. The van der Waals surface area contributed by atoms with Gasteiger partial charge in [0, 0.05) is 58.2 Å². The molecule has 6 nitrogen and oxygen atoms in total. The summed E-state index contributed by atoms with van der Waals surface area (Å²) in [4.78, 5) is 19.2. The van der Waals surface area contributed by atoms with Gasteiger partial charge in [-0.3, -0.25) is 9.69 Å². The number of hydrogen-bond acceptors (Lipinski definition) is 5. The number of piperazine rings is 1. The Morgan fingerprint density at radius 2 is 1.47 bits per heavy atom. The Labute approximate surface area is 211 Å². The maximum atomic E-state index is 13.3. The number of benzene rings is 3. The summed E-state index contributed by atoms with van der Waals surface area (Å²) in [7, 11) is 4.00. The minimum absolute atomic E-state index is 0.00801. The van der Waals surface area contributed by atoms with Crippen molar-refractivity contribution < 1.29 is 18.3 Å². The number of carbonyl (C=O) groups excluding carboxylic acids is 1. The predicted octanol–water partition coefficient (Wildman–Crippen LogP) is 4.09. The van der Waals surface area contributed by atoms with Crippen LogP contribution in [0.4, 0.5) is 20.2 Å². The molecule has 8 heteroatoms. The Morgan fingerprint density at radius 1 is 0.889 bits per heavy atom. The molecule has 0 saturated carbocycles. The molecular weight excluding hydrogens is 462 g/mol. The fourth-order valence-corrected chi connectivity index (χ4v) is 4.34. The Balaban J connectivity index is 1.39. The highest BCUT2D eigenvalue weighted by atomic mass is 19.1. The van der Waals surface area contributed by atoms with Crippen LogP contribution in [0.15, 0.2) is 72.8 Å². The molecule has 4 rings (SSSR count). The molecule has 36 heavy (non-hydrogen) atoms. The van der Waals surface area contributed by atoms with E-state index in [4.69, 9.17) is 4.74 Å². The molecule has 1 atom stereocenters. The van der Waals surface area contributed by atoms with E-state index in [9.17, 15) is 13.6 Å². The van der Waals surface area contributed by atoms with Crippen molar-refractivity contribution in [2.45, 2.75) is 6.04 Å². The number of rotatable bonds is 9. The molecule has 0 aromatic heterocycles. The zero-order valence-electron chi connectivity index (χ0n) is 20.7. The molecule has 1 saturated heterocycles. The second-order valence-electron chi connectivity index (χ2n) is 9.05. The topological polar surface area (TPSA) is 48.1 Å². The first-order valence-electron chi connectivity index (χ1n) is 12.1. The van der Waals surface area contributed by atoms with Gasteiger partial charge in [-0.15, -0.1) is 0 Å². The quantitative estimate of drug-likeness (QED) is 0.486. The number of carbonyl (C=O) groups is 1. The molecule has 1 unspecified atom stereocenters. The van der Waals surface area contributed by atoms with Crippen LogP contribution in [-0.2, 0) is 4.79 Å². The predicted molar refractivity (Wildman–Crippen MR) is 139 cm³/mol. The molecule has 0 radical (unpaired) electrons. The summed E-state index contributed by atoms with van der Waals surface area (Å²) in [6.07, 6.45) is 0. The van der Waals surface area contributed by atoms with E-state index in [1.165, 1.54) is 36.4 Å². The third kappa shape index (κ3) is 6.73. The van der Waals surface area contributed by atoms with E-state index in [1.54, 1.807) is 0 Å². The molecular formula is C28H32F2N4O2. The van der Waals surface area contributed by atoms with E-state index in [0.717, 1.165) is 43.1 Å². The largest absolute Gasteiger partial charge is 0.484 e. The standard InChI is InChI=1S/C28H32F2N4O2/c1-32(2)24-9-3-21(4-10-24)27(19-31-28(35)20-36-26-13-7-23(30)8-14-26)34-17-15-33(16-18-34)25-11-5-22(29)6-12-25/h3-14,27H,15-20H2,1-2H3,(H,31,35). The average Bonchev–Trinajstić information content (AvgIpc) is 2.89. The van der Waals surface area contributed by atoms with Gasteiger partial charge in [0.05, 0.1) is 6.04 Å². The number of anilines is 2. The van der Waals surface area contributed by atoms with Crippen molar-refractivity contribution in [1.29, 1.82) is 0 Å². The van der Waals surface area contributed by atoms with Crippen molar-refractivity contribution in [3.63, 3.8) is 0 Å². The number of nitrogens with one attached hydrogen (secondary N) is 1. The first kappa shape index (κ1) is 25.4. The van der Waals surface area contributed by atoms with Gasteiger partial charge in [-0.2, -0.15) is 0 Å². The molecule has 1 aliphatic rings. The van der Waals surface area contributed by atoms with E-state index < -0.39 is 0 Å². The maximum absolute atomic E-state index is 13.3. The number of halogens is 2. The summed E-state index contributed by atoms with van der Waals surface area (Å²) in [6, 6.07) is 20.5. The number of hydrogen-bond donors (Lipinski definition) is 1. The summed E-state index contributed by atoms with van der Waals surface area (Å²) < 4.78 is 31.9. The first-order valence-corrected chi connectivity index (χ1v) is 12.1. The van der Waals surface area contributed by atoms with Crippen molar-refractivity contribution >= 4 is 17.3 Å². The normalized spacial score (nSPS) is 14.8. The smallest absolute Gasteiger partial charge is 0.258 e. The van der Waals surface area contributed by atoms with Gasteiger partial charge in [0.2, 0.25) is 0 Å². The van der Waals surface area contributed by atoms with Gasteiger partial charge >= 0.3 is 0 Å². The molecule has 0 spiro atoms. The van der Waals surface area contributed by atoms with Gasteiger partial charge in [0.1, 0.15) is 17.4 Å². The summed E-state index contributed by atoms with van der Waals surface area (Å²) >= 11 is 0. The third-order valence-electron chi connectivity index (χ3n) is 6.42. The van der Waals surface area contributed by atoms with Gasteiger partial charge in [0.25, 0.3) is 5.91 Å². The number of amides is 1. The van der Waals surface area contributed by atoms with Crippen LogP contribution in [-0.4, -0.2) is 64.2 Å². The second-order valence-corrected chi connectivity index (χ2v) is 9.05. The van der Waals surface area contributed by atoms with Gasteiger partial charge in [0.15, 0.2) is 6.61 Å². The van der Waals surface area contributed by atoms with Crippen LogP contribution >= 0.6 is 0 Å². The van der Waals surface area contributed by atoms with Gasteiger partial charge in [-0.25, -0.2) is 8.78 Å². The van der Waals surface area contributed by atoms with E-state index in [0.29, 0.717) is 12.3 Å².